The van der Waals surface area contributed by atoms with Gasteiger partial charge in [-0.15, -0.1) is 0 Å². The molecule has 0 unspecified atom stereocenters. The molecule has 0 bridgehead atoms. The van der Waals surface area contributed by atoms with Gasteiger partial charge in [0.1, 0.15) is 5.75 Å². The lowest BCUT2D eigenvalue weighted by Crippen LogP contribution is -2.18. The van der Waals surface area contributed by atoms with Crippen molar-refractivity contribution in [2.45, 2.75) is 40.3 Å². The molecule has 1 N–H and O–H groups in total. The average molecular weight is 288 g/mol. The number of aromatic nitrogens is 1. The van der Waals surface area contributed by atoms with Crippen molar-refractivity contribution in [2.24, 2.45) is 5.92 Å². The second kappa shape index (κ2) is 7.27. The van der Waals surface area contributed by atoms with E-state index in [1.807, 2.05) is 44.2 Å². The Bertz CT molecular complexity index is 544. The van der Waals surface area contributed by atoms with E-state index in [9.17, 15) is 0 Å². The Labute approximate surface area is 126 Å². The summed E-state index contributed by atoms with van der Waals surface area (Å²) in [5.74, 6) is 2.28. The Hall–Kier alpha value is -1.81. The molecule has 1 aromatic heterocycles. The monoisotopic (exact) mass is 288 g/mol. The first-order valence-electron chi connectivity index (χ1n) is 7.48. The second-order valence-corrected chi connectivity index (χ2v) is 5.90. The van der Waals surface area contributed by atoms with Crippen LogP contribution in [0.25, 0.3) is 11.3 Å². The lowest BCUT2D eigenvalue weighted by Gasteiger charge is -2.09. The van der Waals surface area contributed by atoms with E-state index in [1.165, 1.54) is 0 Å². The highest BCUT2D eigenvalue weighted by molar-refractivity contribution is 5.58. The quantitative estimate of drug-likeness (QED) is 0.840. The van der Waals surface area contributed by atoms with Crippen LogP contribution in [-0.2, 0) is 6.54 Å². The van der Waals surface area contributed by atoms with E-state index in [0.29, 0.717) is 5.92 Å². The molecule has 0 radical (unpaired) electrons. The van der Waals surface area contributed by atoms with Gasteiger partial charge in [0.15, 0.2) is 5.76 Å². The van der Waals surface area contributed by atoms with Crippen LogP contribution >= 0.6 is 0 Å². The van der Waals surface area contributed by atoms with Crippen LogP contribution in [0.3, 0.4) is 0 Å². The molecule has 4 nitrogen and oxygen atoms in total. The fourth-order valence-corrected chi connectivity index (χ4v) is 1.99. The molecule has 0 aliphatic carbocycles. The lowest BCUT2D eigenvalue weighted by atomic mass is 10.1. The minimum Gasteiger partial charge on any atom is -0.491 e. The second-order valence-electron chi connectivity index (χ2n) is 5.90. The SMILES string of the molecule is CC(C)CNCc1cc(-c2ccc(OC(C)C)cc2)on1. The number of nitrogens with one attached hydrogen (secondary N) is 1. The van der Waals surface area contributed by atoms with Crippen molar-refractivity contribution in [3.8, 4) is 17.1 Å². The zero-order chi connectivity index (χ0) is 15.2. The van der Waals surface area contributed by atoms with Gasteiger partial charge in [-0.05, 0) is 50.6 Å². The van der Waals surface area contributed by atoms with Crippen LogP contribution in [0.2, 0.25) is 0 Å². The number of rotatable bonds is 7. The fraction of sp³-hybridized carbons (Fsp3) is 0.471. The van der Waals surface area contributed by atoms with E-state index < -0.39 is 0 Å². The molecule has 1 aromatic carbocycles. The molecule has 0 atom stereocenters. The predicted molar refractivity (Wildman–Crippen MR) is 84.2 cm³/mol. The molecule has 2 aromatic rings. The first-order chi connectivity index (χ1) is 10.0. The van der Waals surface area contributed by atoms with Gasteiger partial charge in [-0.2, -0.15) is 0 Å². The van der Waals surface area contributed by atoms with Gasteiger partial charge in [0.2, 0.25) is 0 Å². The molecule has 114 valence electrons. The van der Waals surface area contributed by atoms with E-state index in [-0.39, 0.29) is 6.10 Å². The third-order valence-corrected chi connectivity index (χ3v) is 2.93. The van der Waals surface area contributed by atoms with Crippen LogP contribution in [0.4, 0.5) is 0 Å². The van der Waals surface area contributed by atoms with E-state index in [2.05, 4.69) is 24.3 Å². The zero-order valence-corrected chi connectivity index (χ0v) is 13.2. The van der Waals surface area contributed by atoms with Gasteiger partial charge in [-0.25, -0.2) is 0 Å². The van der Waals surface area contributed by atoms with Crippen LogP contribution in [0.15, 0.2) is 34.9 Å². The van der Waals surface area contributed by atoms with E-state index in [4.69, 9.17) is 9.26 Å². The van der Waals surface area contributed by atoms with Crippen LogP contribution in [0, 0.1) is 5.92 Å². The Morgan fingerprint density at radius 1 is 1.14 bits per heavy atom. The average Bonchev–Trinajstić information content (AvgIpc) is 2.87. The van der Waals surface area contributed by atoms with E-state index in [0.717, 1.165) is 35.9 Å². The smallest absolute Gasteiger partial charge is 0.167 e. The highest BCUT2D eigenvalue weighted by Gasteiger charge is 2.07. The maximum Gasteiger partial charge on any atom is 0.167 e. The van der Waals surface area contributed by atoms with E-state index >= 15 is 0 Å². The van der Waals surface area contributed by atoms with Gasteiger partial charge >= 0.3 is 0 Å². The molecule has 4 heteroatoms. The summed E-state index contributed by atoms with van der Waals surface area (Å²) in [6.45, 7) is 10.1. The molecule has 0 saturated carbocycles. The summed E-state index contributed by atoms with van der Waals surface area (Å²) in [6.07, 6.45) is 0.180. The van der Waals surface area contributed by atoms with Crippen molar-refractivity contribution in [3.63, 3.8) is 0 Å². The van der Waals surface area contributed by atoms with Crippen molar-refractivity contribution in [1.82, 2.24) is 10.5 Å². The van der Waals surface area contributed by atoms with Gasteiger partial charge in [0.05, 0.1) is 11.8 Å². The summed E-state index contributed by atoms with van der Waals surface area (Å²) >= 11 is 0. The largest absolute Gasteiger partial charge is 0.491 e. The summed E-state index contributed by atoms with van der Waals surface area (Å²) in [4.78, 5) is 0. The van der Waals surface area contributed by atoms with Gasteiger partial charge in [-0.1, -0.05) is 19.0 Å². The predicted octanol–water partition coefficient (Wildman–Crippen LogP) is 3.87. The molecule has 0 saturated heterocycles. The van der Waals surface area contributed by atoms with Gasteiger partial charge in [0, 0.05) is 18.2 Å². The van der Waals surface area contributed by atoms with Gasteiger partial charge in [0.25, 0.3) is 0 Å². The molecule has 0 aliphatic heterocycles. The zero-order valence-electron chi connectivity index (χ0n) is 13.2. The summed E-state index contributed by atoms with van der Waals surface area (Å²) in [5.41, 5.74) is 1.93. The molecule has 0 spiro atoms. The topological polar surface area (TPSA) is 47.3 Å². The molecule has 0 aliphatic rings. The highest BCUT2D eigenvalue weighted by atomic mass is 16.5. The standard InChI is InChI=1S/C17H24N2O2/c1-12(2)10-18-11-15-9-17(21-19-15)14-5-7-16(8-6-14)20-13(3)4/h5-9,12-13,18H,10-11H2,1-4H3. The first-order valence-corrected chi connectivity index (χ1v) is 7.48. The highest BCUT2D eigenvalue weighted by Crippen LogP contribution is 2.23. The number of benzene rings is 1. The maximum atomic E-state index is 5.63. The molecule has 21 heavy (non-hydrogen) atoms. The fourth-order valence-electron chi connectivity index (χ4n) is 1.99. The Morgan fingerprint density at radius 3 is 2.48 bits per heavy atom. The van der Waals surface area contributed by atoms with Crippen LogP contribution < -0.4 is 10.1 Å². The number of nitrogens with zero attached hydrogens (tertiary/aromatic N) is 1. The van der Waals surface area contributed by atoms with Crippen molar-refractivity contribution in [2.75, 3.05) is 6.54 Å². The summed E-state index contributed by atoms with van der Waals surface area (Å²) in [5, 5.41) is 7.45. The maximum absolute atomic E-state index is 5.63. The van der Waals surface area contributed by atoms with Crippen molar-refractivity contribution in [3.05, 3.63) is 36.0 Å². The molecule has 0 fully saturated rings. The summed E-state index contributed by atoms with van der Waals surface area (Å²) < 4.78 is 11.0. The number of hydrogen-bond acceptors (Lipinski definition) is 4. The van der Waals surface area contributed by atoms with Crippen LogP contribution in [-0.4, -0.2) is 17.8 Å². The minimum absolute atomic E-state index is 0.180. The Kier molecular flexibility index (Phi) is 5.39. The molecule has 1 heterocycles. The third-order valence-electron chi connectivity index (χ3n) is 2.93. The summed E-state index contributed by atoms with van der Waals surface area (Å²) in [7, 11) is 0. The Morgan fingerprint density at radius 2 is 1.86 bits per heavy atom. The summed E-state index contributed by atoms with van der Waals surface area (Å²) in [6, 6.07) is 9.86. The Balaban J connectivity index is 1.97. The minimum atomic E-state index is 0.180. The normalized spacial score (nSPS) is 11.3. The van der Waals surface area contributed by atoms with Gasteiger partial charge in [-0.3, -0.25) is 0 Å². The van der Waals surface area contributed by atoms with E-state index in [1.54, 1.807) is 0 Å². The van der Waals surface area contributed by atoms with Crippen molar-refractivity contribution < 1.29 is 9.26 Å². The molecule has 0 amide bonds. The van der Waals surface area contributed by atoms with Crippen molar-refractivity contribution >= 4 is 0 Å². The molecule has 2 rings (SSSR count). The van der Waals surface area contributed by atoms with Crippen molar-refractivity contribution in [1.29, 1.82) is 0 Å². The number of hydrogen-bond donors (Lipinski definition) is 1. The van der Waals surface area contributed by atoms with Crippen LogP contribution in [0.1, 0.15) is 33.4 Å². The third kappa shape index (κ3) is 4.90. The lowest BCUT2D eigenvalue weighted by molar-refractivity contribution is 0.242. The molecular weight excluding hydrogens is 264 g/mol. The molecular formula is C17H24N2O2. The van der Waals surface area contributed by atoms with Crippen LogP contribution in [0.5, 0.6) is 5.75 Å². The van der Waals surface area contributed by atoms with Gasteiger partial charge < -0.3 is 14.6 Å². The number of ether oxygens (including phenoxy) is 1. The first kappa shape index (κ1) is 15.6.